The largest absolute Gasteiger partial charge is 0.371 e. The summed E-state index contributed by atoms with van der Waals surface area (Å²) >= 11 is 1.65. The monoisotopic (exact) mass is 377 g/mol. The molecule has 0 aromatic carbocycles. The Balaban J connectivity index is 1.36. The summed E-state index contributed by atoms with van der Waals surface area (Å²) in [5.74, 6) is 0.577. The van der Waals surface area contributed by atoms with Gasteiger partial charge >= 0.3 is 0 Å². The van der Waals surface area contributed by atoms with Crippen LogP contribution in [-0.2, 0) is 11.3 Å². The fourth-order valence-corrected chi connectivity index (χ4v) is 4.41. The lowest BCUT2D eigenvalue weighted by molar-refractivity contribution is -0.128. The average Bonchev–Trinajstić information content (AvgIpc) is 3.25. The van der Waals surface area contributed by atoms with Crippen LogP contribution < -0.4 is 0 Å². The summed E-state index contributed by atoms with van der Waals surface area (Å²) in [6.45, 7) is 8.25. The van der Waals surface area contributed by atoms with E-state index in [1.54, 1.807) is 24.3 Å². The summed E-state index contributed by atoms with van der Waals surface area (Å²) in [5, 5.41) is 14.2. The number of amides is 1. The second kappa shape index (κ2) is 7.05. The third-order valence-corrected chi connectivity index (χ3v) is 5.90. The van der Waals surface area contributed by atoms with Crippen LogP contribution in [0.25, 0.3) is 0 Å². The zero-order valence-corrected chi connectivity index (χ0v) is 15.9. The molecular weight excluding hydrogens is 354 g/mol. The highest BCUT2D eigenvalue weighted by molar-refractivity contribution is 7.11. The van der Waals surface area contributed by atoms with Crippen molar-refractivity contribution in [2.75, 3.05) is 32.8 Å². The van der Waals surface area contributed by atoms with E-state index in [0.29, 0.717) is 31.2 Å². The Labute approximate surface area is 156 Å². The predicted octanol–water partition coefficient (Wildman–Crippen LogP) is 1.65. The molecule has 8 nitrogen and oxygen atoms in total. The smallest absolute Gasteiger partial charge is 0.276 e. The Kier molecular flexibility index (Phi) is 4.76. The van der Waals surface area contributed by atoms with Crippen LogP contribution in [0.4, 0.5) is 0 Å². The highest BCUT2D eigenvalue weighted by Gasteiger charge is 2.41. The van der Waals surface area contributed by atoms with Gasteiger partial charge in [-0.15, -0.1) is 21.5 Å². The number of piperidine rings is 1. The zero-order chi connectivity index (χ0) is 18.1. The minimum absolute atomic E-state index is 0.0729. The number of carbonyl (C=O) groups excluding carboxylic acids is 1. The highest BCUT2D eigenvalue weighted by atomic mass is 32.1. The first kappa shape index (κ1) is 17.6. The minimum Gasteiger partial charge on any atom is -0.371 e. The van der Waals surface area contributed by atoms with Crippen molar-refractivity contribution in [1.29, 1.82) is 0 Å². The molecule has 2 aliphatic rings. The number of ether oxygens (including phenoxy) is 1. The van der Waals surface area contributed by atoms with Crippen LogP contribution in [0.3, 0.4) is 0 Å². The highest BCUT2D eigenvalue weighted by Crippen LogP contribution is 2.31. The molecule has 0 aliphatic carbocycles. The molecule has 26 heavy (non-hydrogen) atoms. The Bertz CT molecular complexity index is 781. The van der Waals surface area contributed by atoms with E-state index in [9.17, 15) is 4.79 Å². The number of hydrogen-bond acceptors (Lipinski definition) is 8. The van der Waals surface area contributed by atoms with Gasteiger partial charge in [0.25, 0.3) is 5.91 Å². The van der Waals surface area contributed by atoms with Crippen molar-refractivity contribution in [2.45, 2.75) is 38.8 Å². The first-order chi connectivity index (χ1) is 12.5. The number of aromatic nitrogens is 3. The van der Waals surface area contributed by atoms with Crippen molar-refractivity contribution >= 4 is 17.2 Å². The standard InChI is InChI=1S/C17H23N5O3S/c1-12-9-14(20-25-12)16(23)22-7-8-24-17(11-22)3-5-21(6-4-17)10-15-19-18-13(2)26-15/h9H,3-8,10-11H2,1-2H3. The summed E-state index contributed by atoms with van der Waals surface area (Å²) in [7, 11) is 0. The van der Waals surface area contributed by atoms with Gasteiger partial charge in [0.1, 0.15) is 15.8 Å². The SMILES string of the molecule is Cc1cc(C(=O)N2CCOC3(CCN(Cc4nnc(C)s4)CC3)C2)no1. The lowest BCUT2D eigenvalue weighted by Crippen LogP contribution is -2.58. The summed E-state index contributed by atoms with van der Waals surface area (Å²) in [6.07, 6.45) is 1.82. The van der Waals surface area contributed by atoms with Crippen molar-refractivity contribution in [3.63, 3.8) is 0 Å². The third-order valence-electron chi connectivity index (χ3n) is 5.08. The summed E-state index contributed by atoms with van der Waals surface area (Å²) in [4.78, 5) is 16.9. The fourth-order valence-electron chi connectivity index (χ4n) is 3.66. The Morgan fingerprint density at radius 3 is 2.73 bits per heavy atom. The van der Waals surface area contributed by atoms with Gasteiger partial charge in [-0.25, -0.2) is 0 Å². The molecule has 9 heteroatoms. The minimum atomic E-state index is -0.250. The van der Waals surface area contributed by atoms with Crippen molar-refractivity contribution in [3.05, 3.63) is 27.5 Å². The molecule has 2 aromatic heterocycles. The average molecular weight is 377 g/mol. The molecule has 2 aliphatic heterocycles. The Morgan fingerprint density at radius 1 is 1.27 bits per heavy atom. The summed E-state index contributed by atoms with van der Waals surface area (Å²) < 4.78 is 11.2. The Hall–Kier alpha value is -1.84. The van der Waals surface area contributed by atoms with Gasteiger partial charge < -0.3 is 14.2 Å². The maximum absolute atomic E-state index is 12.7. The number of hydrogen-bond donors (Lipinski definition) is 0. The predicted molar refractivity (Wildman–Crippen MR) is 95.0 cm³/mol. The van der Waals surface area contributed by atoms with Gasteiger partial charge in [0, 0.05) is 25.7 Å². The van der Waals surface area contributed by atoms with Gasteiger partial charge in [-0.1, -0.05) is 5.16 Å². The molecule has 1 spiro atoms. The number of nitrogens with zero attached hydrogens (tertiary/aromatic N) is 5. The van der Waals surface area contributed by atoms with E-state index in [1.807, 2.05) is 11.8 Å². The van der Waals surface area contributed by atoms with E-state index in [-0.39, 0.29) is 11.5 Å². The molecule has 0 N–H and O–H groups in total. The normalized spacial score (nSPS) is 20.6. The van der Waals surface area contributed by atoms with Gasteiger partial charge in [0.05, 0.1) is 25.3 Å². The molecule has 140 valence electrons. The molecule has 0 bridgehead atoms. The fraction of sp³-hybridized carbons (Fsp3) is 0.647. The van der Waals surface area contributed by atoms with E-state index >= 15 is 0 Å². The van der Waals surface area contributed by atoms with Gasteiger partial charge in [0.15, 0.2) is 5.69 Å². The molecule has 0 atom stereocenters. The van der Waals surface area contributed by atoms with Gasteiger partial charge in [-0.2, -0.15) is 0 Å². The Morgan fingerprint density at radius 2 is 2.08 bits per heavy atom. The first-order valence-electron chi connectivity index (χ1n) is 8.91. The van der Waals surface area contributed by atoms with Crippen molar-refractivity contribution in [2.24, 2.45) is 0 Å². The van der Waals surface area contributed by atoms with Crippen molar-refractivity contribution < 1.29 is 14.1 Å². The number of rotatable bonds is 3. The van der Waals surface area contributed by atoms with E-state index in [2.05, 4.69) is 20.3 Å². The topological polar surface area (TPSA) is 84.6 Å². The van der Waals surface area contributed by atoms with Gasteiger partial charge in [0.2, 0.25) is 0 Å². The van der Waals surface area contributed by atoms with Crippen LogP contribution in [0, 0.1) is 13.8 Å². The number of carbonyl (C=O) groups is 1. The van der Waals surface area contributed by atoms with Crippen LogP contribution in [0.5, 0.6) is 0 Å². The van der Waals surface area contributed by atoms with E-state index < -0.39 is 0 Å². The third kappa shape index (κ3) is 3.65. The van der Waals surface area contributed by atoms with E-state index in [1.165, 1.54) is 0 Å². The molecule has 0 unspecified atom stereocenters. The zero-order valence-electron chi connectivity index (χ0n) is 15.1. The molecule has 2 fully saturated rings. The molecule has 4 rings (SSSR count). The summed E-state index contributed by atoms with van der Waals surface area (Å²) in [6, 6.07) is 1.69. The second-order valence-corrected chi connectivity index (χ2v) is 8.34. The van der Waals surface area contributed by atoms with Gasteiger partial charge in [-0.3, -0.25) is 9.69 Å². The van der Waals surface area contributed by atoms with Crippen LogP contribution in [0.2, 0.25) is 0 Å². The lowest BCUT2D eigenvalue weighted by atomic mass is 9.89. The number of aryl methyl sites for hydroxylation is 2. The first-order valence-corrected chi connectivity index (χ1v) is 9.73. The molecule has 1 amide bonds. The van der Waals surface area contributed by atoms with Crippen LogP contribution >= 0.6 is 11.3 Å². The van der Waals surface area contributed by atoms with Crippen LogP contribution in [0.1, 0.15) is 39.1 Å². The quantitative estimate of drug-likeness (QED) is 0.804. The summed E-state index contributed by atoms with van der Waals surface area (Å²) in [5.41, 5.74) is 0.129. The van der Waals surface area contributed by atoms with Crippen molar-refractivity contribution in [1.82, 2.24) is 25.2 Å². The maximum Gasteiger partial charge on any atom is 0.276 e. The maximum atomic E-state index is 12.7. The molecule has 2 saturated heterocycles. The molecule has 0 radical (unpaired) electrons. The van der Waals surface area contributed by atoms with Crippen LogP contribution in [0.15, 0.2) is 10.6 Å². The van der Waals surface area contributed by atoms with E-state index in [0.717, 1.165) is 42.5 Å². The number of morpholine rings is 1. The number of likely N-dealkylation sites (tertiary alicyclic amines) is 1. The van der Waals surface area contributed by atoms with Gasteiger partial charge in [-0.05, 0) is 26.7 Å². The molecule has 4 heterocycles. The lowest BCUT2D eigenvalue weighted by Gasteiger charge is -2.47. The molecular formula is C17H23N5O3S. The molecule has 0 saturated carbocycles. The second-order valence-electron chi connectivity index (χ2n) is 7.07. The van der Waals surface area contributed by atoms with Crippen LogP contribution in [-0.4, -0.2) is 69.4 Å². The van der Waals surface area contributed by atoms with E-state index in [4.69, 9.17) is 9.26 Å². The molecule has 2 aromatic rings. The van der Waals surface area contributed by atoms with Crippen molar-refractivity contribution in [3.8, 4) is 0 Å².